The van der Waals surface area contributed by atoms with Gasteiger partial charge in [0.1, 0.15) is 23.1 Å². The van der Waals surface area contributed by atoms with Crippen LogP contribution in [0.3, 0.4) is 0 Å². The molecule has 1 N–H and O–H groups in total. The molecular weight excluding hydrogens is 454 g/mol. The van der Waals surface area contributed by atoms with Crippen molar-refractivity contribution in [3.05, 3.63) is 68.5 Å². The van der Waals surface area contributed by atoms with Gasteiger partial charge in [0.15, 0.2) is 0 Å². The van der Waals surface area contributed by atoms with Gasteiger partial charge in [0.05, 0.1) is 16.2 Å². The van der Waals surface area contributed by atoms with Crippen LogP contribution in [-0.4, -0.2) is 30.4 Å². The number of nitro benzene ring substituents is 1. The molecular formula is C23H19N7O3S. The van der Waals surface area contributed by atoms with Crippen LogP contribution in [0, 0.1) is 27.4 Å². The van der Waals surface area contributed by atoms with Crippen LogP contribution in [-0.2, 0) is 12.8 Å². The number of nitro groups is 1. The average molecular weight is 474 g/mol. The van der Waals surface area contributed by atoms with E-state index in [0.717, 1.165) is 36.1 Å². The molecule has 0 unspecified atom stereocenters. The number of carbonyl (C=O) groups is 1. The lowest BCUT2D eigenvalue weighted by Gasteiger charge is -2.20. The number of nitrogens with one attached hydrogen (secondary N) is 1. The van der Waals surface area contributed by atoms with Crippen molar-refractivity contribution in [2.24, 2.45) is 5.92 Å². The molecule has 0 bridgehead atoms. The molecule has 1 atom stereocenters. The van der Waals surface area contributed by atoms with Gasteiger partial charge in [0, 0.05) is 22.6 Å². The second-order valence-electron chi connectivity index (χ2n) is 8.10. The smallest absolute Gasteiger partial charge is 0.275 e. The Balaban J connectivity index is 1.53. The Kier molecular flexibility index (Phi) is 5.51. The zero-order chi connectivity index (χ0) is 23.8. The summed E-state index contributed by atoms with van der Waals surface area (Å²) < 4.78 is 1.31. The van der Waals surface area contributed by atoms with E-state index in [2.05, 4.69) is 33.4 Å². The van der Waals surface area contributed by atoms with Crippen LogP contribution in [0.2, 0.25) is 0 Å². The van der Waals surface area contributed by atoms with E-state index in [-0.39, 0.29) is 17.2 Å². The van der Waals surface area contributed by atoms with Crippen LogP contribution in [0.15, 0.2) is 36.7 Å². The maximum Gasteiger partial charge on any atom is 0.275 e. The van der Waals surface area contributed by atoms with Crippen LogP contribution in [0.25, 0.3) is 17.0 Å². The number of hydrogen-bond acceptors (Lipinski definition) is 8. The van der Waals surface area contributed by atoms with Gasteiger partial charge >= 0.3 is 0 Å². The summed E-state index contributed by atoms with van der Waals surface area (Å²) in [5, 5.41) is 28.5. The third-order valence-corrected chi connectivity index (χ3v) is 7.29. The van der Waals surface area contributed by atoms with Gasteiger partial charge in [-0.2, -0.15) is 19.9 Å². The second-order valence-corrected chi connectivity index (χ2v) is 9.20. The quantitative estimate of drug-likeness (QED) is 0.335. The summed E-state index contributed by atoms with van der Waals surface area (Å²) in [7, 11) is 0. The first-order valence-corrected chi connectivity index (χ1v) is 11.6. The van der Waals surface area contributed by atoms with E-state index in [4.69, 9.17) is 0 Å². The fourth-order valence-corrected chi connectivity index (χ4v) is 5.58. The van der Waals surface area contributed by atoms with Crippen molar-refractivity contribution in [3.63, 3.8) is 0 Å². The van der Waals surface area contributed by atoms with Crippen molar-refractivity contribution in [3.8, 4) is 17.3 Å². The zero-order valence-electron chi connectivity index (χ0n) is 18.2. The first-order valence-electron chi connectivity index (χ1n) is 10.8. The fourth-order valence-electron chi connectivity index (χ4n) is 4.28. The lowest BCUT2D eigenvalue weighted by atomic mass is 9.86. The SMILES string of the molecule is CC[C@@H]1CCc2c(sc(NC(=O)c3cc(-c4cccc([N+](=O)[O-])c4)nc4ncnn34)c2C#N)C1. The molecule has 1 aliphatic carbocycles. The molecule has 0 spiro atoms. The molecule has 3 heterocycles. The summed E-state index contributed by atoms with van der Waals surface area (Å²) in [5.74, 6) is 0.311. The van der Waals surface area contributed by atoms with Crippen molar-refractivity contribution >= 4 is 33.7 Å². The number of hydrogen-bond donors (Lipinski definition) is 1. The minimum atomic E-state index is -0.488. The molecule has 1 aliphatic rings. The largest absolute Gasteiger partial charge is 0.311 e. The predicted molar refractivity (Wildman–Crippen MR) is 126 cm³/mol. The van der Waals surface area contributed by atoms with E-state index in [1.165, 1.54) is 40.4 Å². The standard InChI is InChI=1S/C23H19N7O3S/c1-2-13-6-7-16-17(11-24)22(34-20(16)8-13)28-21(31)19-10-18(27-23-25-12-26-29(19)23)14-4-3-5-15(9-14)30(32)33/h3-5,9-10,12-13H,2,6-8H2,1H3,(H,28,31)/t13-/m1/s1. The number of rotatable bonds is 5. The Morgan fingerprint density at radius 3 is 3.03 bits per heavy atom. The Hall–Kier alpha value is -4.17. The summed E-state index contributed by atoms with van der Waals surface area (Å²) in [4.78, 5) is 33.7. The highest BCUT2D eigenvalue weighted by molar-refractivity contribution is 7.16. The third kappa shape index (κ3) is 3.78. The normalized spacial score (nSPS) is 15.0. The highest BCUT2D eigenvalue weighted by Gasteiger charge is 2.27. The number of carbonyl (C=O) groups excluding carboxylic acids is 1. The van der Waals surface area contributed by atoms with Crippen molar-refractivity contribution in [2.75, 3.05) is 5.32 Å². The fraction of sp³-hybridized carbons (Fsp3) is 0.261. The highest BCUT2D eigenvalue weighted by atomic mass is 32.1. The van der Waals surface area contributed by atoms with Crippen LogP contribution < -0.4 is 5.32 Å². The van der Waals surface area contributed by atoms with E-state index in [1.807, 2.05) is 0 Å². The van der Waals surface area contributed by atoms with Gasteiger partial charge in [-0.3, -0.25) is 14.9 Å². The van der Waals surface area contributed by atoms with Crippen molar-refractivity contribution < 1.29 is 9.72 Å². The van der Waals surface area contributed by atoms with E-state index >= 15 is 0 Å². The molecule has 34 heavy (non-hydrogen) atoms. The van der Waals surface area contributed by atoms with E-state index < -0.39 is 10.8 Å². The molecule has 0 saturated heterocycles. The minimum Gasteiger partial charge on any atom is -0.311 e. The molecule has 1 amide bonds. The summed E-state index contributed by atoms with van der Waals surface area (Å²) >= 11 is 1.45. The molecule has 4 aromatic rings. The van der Waals surface area contributed by atoms with Gasteiger partial charge in [-0.05, 0) is 36.8 Å². The van der Waals surface area contributed by atoms with Gasteiger partial charge in [-0.1, -0.05) is 25.5 Å². The minimum absolute atomic E-state index is 0.0835. The van der Waals surface area contributed by atoms with Crippen molar-refractivity contribution in [1.82, 2.24) is 19.6 Å². The first-order chi connectivity index (χ1) is 16.5. The number of non-ortho nitro benzene ring substituents is 1. The van der Waals surface area contributed by atoms with Crippen LogP contribution in [0.4, 0.5) is 10.7 Å². The molecule has 5 rings (SSSR count). The Labute approximate surface area is 198 Å². The number of anilines is 1. The van der Waals surface area contributed by atoms with Crippen LogP contribution in [0.1, 0.15) is 46.3 Å². The molecule has 0 fully saturated rings. The third-order valence-electron chi connectivity index (χ3n) is 6.12. The predicted octanol–water partition coefficient (Wildman–Crippen LogP) is 4.40. The number of amides is 1. The maximum absolute atomic E-state index is 13.3. The Morgan fingerprint density at radius 1 is 1.41 bits per heavy atom. The Bertz CT molecular complexity index is 1480. The highest BCUT2D eigenvalue weighted by Crippen LogP contribution is 2.40. The number of thiophene rings is 1. The summed E-state index contributed by atoms with van der Waals surface area (Å²) in [6.45, 7) is 2.17. The van der Waals surface area contributed by atoms with Crippen LogP contribution >= 0.6 is 11.3 Å². The number of nitrogens with zero attached hydrogens (tertiary/aromatic N) is 6. The Morgan fingerprint density at radius 2 is 2.26 bits per heavy atom. The monoisotopic (exact) mass is 473 g/mol. The van der Waals surface area contributed by atoms with E-state index in [1.54, 1.807) is 12.1 Å². The number of benzene rings is 1. The zero-order valence-corrected chi connectivity index (χ0v) is 19.0. The lowest BCUT2D eigenvalue weighted by molar-refractivity contribution is -0.384. The first kappa shape index (κ1) is 21.7. The van der Waals surface area contributed by atoms with E-state index in [0.29, 0.717) is 27.7 Å². The summed E-state index contributed by atoms with van der Waals surface area (Å²) in [5.41, 5.74) is 2.46. The van der Waals surface area contributed by atoms with Gasteiger partial charge < -0.3 is 5.32 Å². The maximum atomic E-state index is 13.3. The average Bonchev–Trinajstić information content (AvgIpc) is 3.46. The molecule has 11 heteroatoms. The van der Waals surface area contributed by atoms with Crippen molar-refractivity contribution in [1.29, 1.82) is 5.26 Å². The van der Waals surface area contributed by atoms with Gasteiger partial charge in [0.25, 0.3) is 17.4 Å². The molecule has 1 aromatic carbocycles. The molecule has 10 nitrogen and oxygen atoms in total. The van der Waals surface area contributed by atoms with E-state index in [9.17, 15) is 20.2 Å². The molecule has 3 aromatic heterocycles. The number of nitriles is 1. The second kappa shape index (κ2) is 8.64. The van der Waals surface area contributed by atoms with Crippen LogP contribution in [0.5, 0.6) is 0 Å². The molecule has 0 aliphatic heterocycles. The summed E-state index contributed by atoms with van der Waals surface area (Å²) in [6.07, 6.45) is 5.16. The topological polar surface area (TPSA) is 139 Å². The van der Waals surface area contributed by atoms with Crippen molar-refractivity contribution in [2.45, 2.75) is 32.6 Å². The molecule has 170 valence electrons. The molecule has 0 radical (unpaired) electrons. The van der Waals surface area contributed by atoms with Gasteiger partial charge in [-0.15, -0.1) is 11.3 Å². The van der Waals surface area contributed by atoms with Gasteiger partial charge in [0.2, 0.25) is 0 Å². The summed E-state index contributed by atoms with van der Waals surface area (Å²) in [6, 6.07) is 9.79. The molecule has 0 saturated carbocycles. The lowest BCUT2D eigenvalue weighted by Crippen LogP contribution is -2.17. The van der Waals surface area contributed by atoms with Gasteiger partial charge in [-0.25, -0.2) is 4.98 Å². The number of aromatic nitrogens is 4. The number of fused-ring (bicyclic) bond motifs is 2.